The van der Waals surface area contributed by atoms with Gasteiger partial charge in [0.1, 0.15) is 42.3 Å². The van der Waals surface area contributed by atoms with Crippen LogP contribution in [0, 0.1) is 5.92 Å². The van der Waals surface area contributed by atoms with Crippen LogP contribution in [0.3, 0.4) is 0 Å². The number of carbonyl (C=O) groups excluding carboxylic acids is 8. The van der Waals surface area contributed by atoms with Crippen molar-refractivity contribution in [3.8, 4) is 0 Å². The number of hydrogen-bond donors (Lipinski definition) is 13. The third-order valence-corrected chi connectivity index (χ3v) is 6.87. The summed E-state index contributed by atoms with van der Waals surface area (Å²) in [5.41, 5.74) is 15.9. The molecule has 0 unspecified atom stereocenters. The molecule has 22 nitrogen and oxygen atoms in total. The van der Waals surface area contributed by atoms with E-state index in [-0.39, 0.29) is 25.2 Å². The van der Waals surface area contributed by atoms with Crippen molar-refractivity contribution in [2.24, 2.45) is 23.1 Å². The van der Waals surface area contributed by atoms with Gasteiger partial charge >= 0.3 is 5.97 Å². The van der Waals surface area contributed by atoms with E-state index in [0.29, 0.717) is 0 Å². The van der Waals surface area contributed by atoms with Crippen LogP contribution < -0.4 is 49.1 Å². The largest absolute Gasteiger partial charge is 0.480 e. The van der Waals surface area contributed by atoms with E-state index in [2.05, 4.69) is 26.6 Å². The Morgan fingerprint density at radius 2 is 0.980 bits per heavy atom. The highest BCUT2D eigenvalue weighted by atomic mass is 16.4. The molecule has 50 heavy (non-hydrogen) atoms. The lowest BCUT2D eigenvalue weighted by atomic mass is 10.0. The minimum atomic E-state index is -1.81. The minimum absolute atomic E-state index is 0.0627. The van der Waals surface area contributed by atoms with Crippen molar-refractivity contribution in [2.75, 3.05) is 13.2 Å². The van der Waals surface area contributed by atoms with Crippen molar-refractivity contribution < 1.29 is 63.6 Å². The number of carboxylic acids is 1. The number of primary amides is 2. The van der Waals surface area contributed by atoms with Crippen LogP contribution >= 0.6 is 0 Å². The van der Waals surface area contributed by atoms with Crippen molar-refractivity contribution in [1.82, 2.24) is 31.9 Å². The quantitative estimate of drug-likeness (QED) is 0.0467. The van der Waals surface area contributed by atoms with E-state index in [1.165, 1.54) is 6.92 Å². The molecule has 0 aliphatic carbocycles. The maximum absolute atomic E-state index is 13.3. The van der Waals surface area contributed by atoms with Gasteiger partial charge in [0, 0.05) is 6.42 Å². The van der Waals surface area contributed by atoms with Gasteiger partial charge in [0.25, 0.3) is 0 Å². The SMILES string of the molecule is CC(C)C[C@H](NC(=O)[C@H](CC(N)=O)NC(=O)[C@H](CO)NC(=O)[C@H](CO)NC(=O)[C@@H](N)[C@@H](C)O)C(=O)N[C@@H](CCC(N)=O)C(=O)N[C@@H](C)C(=O)O. The van der Waals surface area contributed by atoms with Gasteiger partial charge in [0.15, 0.2) is 0 Å². The van der Waals surface area contributed by atoms with E-state index in [0.717, 1.165) is 6.92 Å². The van der Waals surface area contributed by atoms with E-state index in [4.69, 9.17) is 22.3 Å². The molecule has 0 saturated heterocycles. The number of rotatable bonds is 23. The number of aliphatic hydroxyl groups is 3. The zero-order valence-corrected chi connectivity index (χ0v) is 28.1. The second-order valence-electron chi connectivity index (χ2n) is 11.8. The minimum Gasteiger partial charge on any atom is -0.480 e. The van der Waals surface area contributed by atoms with Gasteiger partial charge in [0.05, 0.1) is 25.7 Å². The van der Waals surface area contributed by atoms with Crippen molar-refractivity contribution in [1.29, 1.82) is 0 Å². The van der Waals surface area contributed by atoms with Gasteiger partial charge in [-0.05, 0) is 32.6 Å². The molecule has 0 aromatic rings. The molecule has 0 aliphatic rings. The first kappa shape index (κ1) is 45.1. The molecule has 16 N–H and O–H groups in total. The van der Waals surface area contributed by atoms with Crippen molar-refractivity contribution in [3.63, 3.8) is 0 Å². The fraction of sp³-hybridized carbons (Fsp3) is 0.679. The highest BCUT2D eigenvalue weighted by molar-refractivity contribution is 5.98. The van der Waals surface area contributed by atoms with Gasteiger partial charge in [-0.1, -0.05) is 13.8 Å². The monoisotopic (exact) mass is 719 g/mol. The van der Waals surface area contributed by atoms with E-state index >= 15 is 0 Å². The maximum Gasteiger partial charge on any atom is 0.325 e. The number of nitrogens with two attached hydrogens (primary N) is 3. The summed E-state index contributed by atoms with van der Waals surface area (Å²) in [6.45, 7) is 3.65. The summed E-state index contributed by atoms with van der Waals surface area (Å²) in [5.74, 6) is -10.1. The maximum atomic E-state index is 13.3. The topological polar surface area (TPSA) is 385 Å². The number of carbonyl (C=O) groups is 9. The number of carboxylic acid groups (broad SMARTS) is 1. The Bertz CT molecular complexity index is 1250. The summed E-state index contributed by atoms with van der Waals surface area (Å²) in [7, 11) is 0. The molecular weight excluding hydrogens is 670 g/mol. The van der Waals surface area contributed by atoms with Gasteiger partial charge in [0.2, 0.25) is 47.3 Å². The summed E-state index contributed by atoms with van der Waals surface area (Å²) < 4.78 is 0. The highest BCUT2D eigenvalue weighted by Crippen LogP contribution is 2.08. The lowest BCUT2D eigenvalue weighted by Crippen LogP contribution is -2.61. The van der Waals surface area contributed by atoms with Crippen LogP contribution in [-0.4, -0.2) is 135 Å². The van der Waals surface area contributed by atoms with Crippen LogP contribution in [0.4, 0.5) is 0 Å². The summed E-state index contributed by atoms with van der Waals surface area (Å²) in [6, 6.07) is -11.0. The smallest absolute Gasteiger partial charge is 0.325 e. The van der Waals surface area contributed by atoms with E-state index in [1.54, 1.807) is 13.8 Å². The van der Waals surface area contributed by atoms with Crippen LogP contribution in [-0.2, 0) is 43.2 Å². The van der Waals surface area contributed by atoms with Crippen molar-refractivity contribution >= 4 is 53.2 Å². The van der Waals surface area contributed by atoms with Gasteiger partial charge in [-0.25, -0.2) is 0 Å². The summed E-state index contributed by atoms with van der Waals surface area (Å²) in [5, 5.41) is 51.0. The lowest BCUT2D eigenvalue weighted by molar-refractivity contribution is -0.142. The molecule has 0 aromatic carbocycles. The number of hydrogen-bond acceptors (Lipinski definition) is 13. The van der Waals surface area contributed by atoms with Gasteiger partial charge in [-0.3, -0.25) is 43.2 Å². The molecule has 0 radical (unpaired) electrons. The molecule has 0 bridgehead atoms. The van der Waals surface area contributed by atoms with Gasteiger partial charge < -0.3 is 69.5 Å². The van der Waals surface area contributed by atoms with E-state index in [1.807, 2.05) is 5.32 Å². The van der Waals surface area contributed by atoms with Crippen molar-refractivity contribution in [3.05, 3.63) is 0 Å². The predicted octanol–water partition coefficient (Wildman–Crippen LogP) is -7.12. The zero-order valence-electron chi connectivity index (χ0n) is 28.1. The van der Waals surface area contributed by atoms with Crippen LogP contribution in [0.1, 0.15) is 53.4 Å². The van der Waals surface area contributed by atoms with Gasteiger partial charge in [-0.15, -0.1) is 0 Å². The molecule has 0 aliphatic heterocycles. The molecule has 0 heterocycles. The summed E-state index contributed by atoms with van der Waals surface area (Å²) in [6.07, 6.45) is -2.92. The Labute approximate surface area is 287 Å². The molecule has 284 valence electrons. The number of aliphatic hydroxyl groups excluding tert-OH is 3. The fourth-order valence-corrected chi connectivity index (χ4v) is 4.01. The molecule has 8 amide bonds. The van der Waals surface area contributed by atoms with Gasteiger partial charge in [-0.2, -0.15) is 0 Å². The Hall–Kier alpha value is -4.93. The second kappa shape index (κ2) is 21.9. The average Bonchev–Trinajstić information content (AvgIpc) is 3.01. The fourth-order valence-electron chi connectivity index (χ4n) is 4.01. The van der Waals surface area contributed by atoms with Crippen LogP contribution in [0.5, 0.6) is 0 Å². The summed E-state index contributed by atoms with van der Waals surface area (Å²) in [4.78, 5) is 111. The first-order chi connectivity index (χ1) is 23.1. The standard InChI is InChI=1S/C28H49N9O13/c1-11(2)7-15(23(44)33-14(5-6-19(29)41)22(43)32-12(3)28(49)50)34-24(45)16(8-20(30)42)35-25(46)17(9-38)36-26(47)18(10-39)37-27(48)21(31)13(4)40/h11-18,21,38-40H,5-10,31H2,1-4H3,(H2,29,41)(H2,30,42)(H,32,43)(H,33,44)(H,34,45)(H,35,46)(H,36,47)(H,37,48)(H,49,50)/t12-,13+,14-,15-,16-,17-,18-,21-/m0/s1. The summed E-state index contributed by atoms with van der Waals surface area (Å²) >= 11 is 0. The first-order valence-corrected chi connectivity index (χ1v) is 15.4. The Morgan fingerprint density at radius 3 is 1.40 bits per heavy atom. The second-order valence-corrected chi connectivity index (χ2v) is 11.8. The number of amides is 8. The predicted molar refractivity (Wildman–Crippen MR) is 170 cm³/mol. The first-order valence-electron chi connectivity index (χ1n) is 15.4. The van der Waals surface area contributed by atoms with E-state index in [9.17, 15) is 58.5 Å². The third-order valence-electron chi connectivity index (χ3n) is 6.87. The normalized spacial score (nSPS) is 15.8. The van der Waals surface area contributed by atoms with Crippen LogP contribution in [0.2, 0.25) is 0 Å². The molecule has 8 atom stereocenters. The Morgan fingerprint density at radius 1 is 0.580 bits per heavy atom. The van der Waals surface area contributed by atoms with Crippen LogP contribution in [0.15, 0.2) is 0 Å². The molecule has 0 aromatic heterocycles. The van der Waals surface area contributed by atoms with Crippen molar-refractivity contribution in [2.45, 2.75) is 102 Å². The highest BCUT2D eigenvalue weighted by Gasteiger charge is 2.34. The molecular formula is C28H49N9O13. The average molecular weight is 720 g/mol. The van der Waals surface area contributed by atoms with Crippen LogP contribution in [0.25, 0.3) is 0 Å². The van der Waals surface area contributed by atoms with E-state index < -0.39 is 121 Å². The number of nitrogens with one attached hydrogen (secondary N) is 6. The number of aliphatic carboxylic acids is 1. The lowest BCUT2D eigenvalue weighted by Gasteiger charge is -2.27. The molecule has 0 rings (SSSR count). The third kappa shape index (κ3) is 16.5. The molecule has 0 saturated carbocycles. The molecule has 22 heteroatoms. The zero-order chi connectivity index (χ0) is 38.9. The Balaban J connectivity index is 6.01. The Kier molecular flexibility index (Phi) is 19.8. The molecule has 0 spiro atoms. The molecule has 0 fully saturated rings.